The van der Waals surface area contributed by atoms with E-state index < -0.39 is 34.9 Å². The van der Waals surface area contributed by atoms with Gasteiger partial charge >= 0.3 is 12.4 Å². The van der Waals surface area contributed by atoms with Crippen molar-refractivity contribution in [3.05, 3.63) is 34.4 Å². The third kappa shape index (κ3) is 3.10. The van der Waals surface area contributed by atoms with Crippen LogP contribution in [0.4, 0.5) is 26.3 Å². The molecular weight excluding hydrogens is 282 g/mol. The first kappa shape index (κ1) is 15.1. The molecule has 0 N–H and O–H groups in total. The zero-order valence-corrected chi connectivity index (χ0v) is 9.97. The summed E-state index contributed by atoms with van der Waals surface area (Å²) in [6.07, 6.45) is -9.63. The highest BCUT2D eigenvalue weighted by atomic mass is 35.5. The molecule has 0 nitrogen and oxygen atoms in total. The number of aryl methyl sites for hydroxylation is 1. The Hall–Kier alpha value is -0.910. The summed E-state index contributed by atoms with van der Waals surface area (Å²) in [5.41, 5.74) is -3.58. The normalized spacial score (nSPS) is 12.9. The molecule has 1 rings (SSSR count). The molecular formula is C11H9ClF6. The molecule has 0 aliphatic rings. The van der Waals surface area contributed by atoms with E-state index >= 15 is 0 Å². The molecule has 102 valence electrons. The minimum atomic E-state index is -4.85. The Bertz CT molecular complexity index is 397. The van der Waals surface area contributed by atoms with Gasteiger partial charge in [-0.2, -0.15) is 26.3 Å². The van der Waals surface area contributed by atoms with Crippen LogP contribution in [0.3, 0.4) is 0 Å². The lowest BCUT2D eigenvalue weighted by Crippen LogP contribution is -2.16. The van der Waals surface area contributed by atoms with E-state index in [4.69, 9.17) is 11.6 Å². The van der Waals surface area contributed by atoms with Crippen molar-refractivity contribution >= 4 is 11.6 Å². The molecule has 0 aliphatic carbocycles. The van der Waals surface area contributed by atoms with Crippen LogP contribution in [0.2, 0.25) is 0 Å². The molecule has 18 heavy (non-hydrogen) atoms. The van der Waals surface area contributed by atoms with Gasteiger partial charge in [-0.05, 0) is 29.7 Å². The summed E-state index contributed by atoms with van der Waals surface area (Å²) in [4.78, 5) is 0. The Balaban J connectivity index is 3.61. The van der Waals surface area contributed by atoms with Gasteiger partial charge in [-0.25, -0.2) is 0 Å². The Labute approximate surface area is 105 Å². The highest BCUT2D eigenvalue weighted by Crippen LogP contribution is 2.41. The minimum absolute atomic E-state index is 0.0245. The van der Waals surface area contributed by atoms with E-state index in [0.29, 0.717) is 12.1 Å². The quantitative estimate of drug-likeness (QED) is 0.529. The first-order valence-corrected chi connectivity index (χ1v) is 5.50. The highest BCUT2D eigenvalue weighted by Gasteiger charge is 2.40. The van der Waals surface area contributed by atoms with Crippen LogP contribution in [0.25, 0.3) is 0 Å². The van der Waals surface area contributed by atoms with E-state index in [9.17, 15) is 26.3 Å². The summed E-state index contributed by atoms with van der Waals surface area (Å²) in [6.45, 7) is 1.48. The predicted molar refractivity (Wildman–Crippen MR) is 55.4 cm³/mol. The fraction of sp³-hybridized carbons (Fsp3) is 0.455. The molecule has 7 heteroatoms. The van der Waals surface area contributed by atoms with Gasteiger partial charge in [-0.15, -0.1) is 11.6 Å². The van der Waals surface area contributed by atoms with Crippen molar-refractivity contribution in [1.29, 1.82) is 0 Å². The van der Waals surface area contributed by atoms with Gasteiger partial charge < -0.3 is 0 Å². The summed E-state index contributed by atoms with van der Waals surface area (Å²) >= 11 is 5.24. The van der Waals surface area contributed by atoms with Crippen molar-refractivity contribution in [2.24, 2.45) is 0 Å². The van der Waals surface area contributed by atoms with Crippen LogP contribution >= 0.6 is 11.6 Å². The average Bonchev–Trinajstić information content (AvgIpc) is 2.24. The second kappa shape index (κ2) is 4.99. The van der Waals surface area contributed by atoms with Gasteiger partial charge in [0.05, 0.1) is 11.1 Å². The lowest BCUT2D eigenvalue weighted by atomic mass is 9.96. The van der Waals surface area contributed by atoms with E-state index in [1.54, 1.807) is 0 Å². The number of halogens is 7. The number of benzene rings is 1. The summed E-state index contributed by atoms with van der Waals surface area (Å²) < 4.78 is 76.2. The second-order valence-electron chi connectivity index (χ2n) is 3.65. The van der Waals surface area contributed by atoms with Crippen molar-refractivity contribution in [3.8, 4) is 0 Å². The van der Waals surface area contributed by atoms with Crippen LogP contribution in [0.15, 0.2) is 12.1 Å². The molecule has 0 spiro atoms. The molecule has 0 atom stereocenters. The molecule has 0 saturated carbocycles. The second-order valence-corrected chi connectivity index (χ2v) is 3.92. The third-order valence-electron chi connectivity index (χ3n) is 2.46. The number of hydrogen-bond donors (Lipinski definition) is 0. The third-order valence-corrected chi connectivity index (χ3v) is 2.73. The van der Waals surface area contributed by atoms with Crippen molar-refractivity contribution in [2.75, 3.05) is 0 Å². The number of hydrogen-bond acceptors (Lipinski definition) is 0. The highest BCUT2D eigenvalue weighted by molar-refractivity contribution is 6.17. The summed E-state index contributed by atoms with van der Waals surface area (Å²) in [7, 11) is 0. The van der Waals surface area contributed by atoms with E-state index in [2.05, 4.69) is 0 Å². The van der Waals surface area contributed by atoms with Crippen LogP contribution in [-0.4, -0.2) is 0 Å². The van der Waals surface area contributed by atoms with Gasteiger partial charge in [0.1, 0.15) is 0 Å². The lowest BCUT2D eigenvalue weighted by molar-refractivity contribution is -0.144. The monoisotopic (exact) mass is 290 g/mol. The Morgan fingerprint density at radius 1 is 0.944 bits per heavy atom. The van der Waals surface area contributed by atoms with Crippen molar-refractivity contribution in [2.45, 2.75) is 31.6 Å². The molecule has 0 aromatic heterocycles. The largest absolute Gasteiger partial charge is 0.416 e. The van der Waals surface area contributed by atoms with Crippen LogP contribution in [-0.2, 0) is 24.7 Å². The summed E-state index contributed by atoms with van der Waals surface area (Å²) in [6, 6.07) is 1.43. The molecule has 0 heterocycles. The van der Waals surface area contributed by atoms with E-state index in [-0.39, 0.29) is 12.0 Å². The topological polar surface area (TPSA) is 0 Å². The average molecular weight is 291 g/mol. The molecule has 1 aromatic rings. The maximum atomic E-state index is 12.7. The Morgan fingerprint density at radius 3 is 1.56 bits per heavy atom. The van der Waals surface area contributed by atoms with Gasteiger partial charge in [-0.1, -0.05) is 6.92 Å². The maximum Gasteiger partial charge on any atom is 0.416 e. The van der Waals surface area contributed by atoms with Gasteiger partial charge in [0.15, 0.2) is 0 Å². The fourth-order valence-electron chi connectivity index (χ4n) is 1.59. The maximum absolute atomic E-state index is 12.7. The fourth-order valence-corrected chi connectivity index (χ4v) is 1.87. The molecule has 1 aromatic carbocycles. The predicted octanol–water partition coefficient (Wildman–Crippen LogP) is 5.03. The van der Waals surface area contributed by atoms with Gasteiger partial charge in [-0.3, -0.25) is 0 Å². The lowest BCUT2D eigenvalue weighted by Gasteiger charge is -2.18. The SMILES string of the molecule is CCc1cc(C(F)(F)F)c(CCl)c(C(F)(F)F)c1. The van der Waals surface area contributed by atoms with Crippen LogP contribution in [0.1, 0.15) is 29.2 Å². The molecule has 0 bridgehead atoms. The molecule has 0 amide bonds. The molecule has 0 radical (unpaired) electrons. The smallest absolute Gasteiger partial charge is 0.166 e. The van der Waals surface area contributed by atoms with Crippen LogP contribution in [0, 0.1) is 0 Å². The molecule has 0 saturated heterocycles. The van der Waals surface area contributed by atoms with Crippen molar-refractivity contribution in [1.82, 2.24) is 0 Å². The number of rotatable bonds is 2. The van der Waals surface area contributed by atoms with Crippen molar-refractivity contribution < 1.29 is 26.3 Å². The first-order chi connectivity index (χ1) is 8.11. The Kier molecular flexibility index (Phi) is 4.20. The molecule has 0 fully saturated rings. The van der Waals surface area contributed by atoms with Crippen LogP contribution in [0.5, 0.6) is 0 Å². The zero-order chi connectivity index (χ0) is 14.1. The van der Waals surface area contributed by atoms with E-state index in [1.807, 2.05) is 0 Å². The molecule has 0 aliphatic heterocycles. The summed E-state index contributed by atoms with van der Waals surface area (Å²) in [5, 5.41) is 0. The van der Waals surface area contributed by atoms with Gasteiger partial charge in [0.25, 0.3) is 0 Å². The first-order valence-electron chi connectivity index (χ1n) is 4.97. The summed E-state index contributed by atoms with van der Waals surface area (Å²) in [5.74, 6) is -0.840. The van der Waals surface area contributed by atoms with Crippen molar-refractivity contribution in [3.63, 3.8) is 0 Å². The minimum Gasteiger partial charge on any atom is -0.166 e. The standard InChI is InChI=1S/C11H9ClF6/c1-2-6-3-8(10(13,14)15)7(5-12)9(4-6)11(16,17)18/h3-4H,2,5H2,1H3. The van der Waals surface area contributed by atoms with Crippen LogP contribution < -0.4 is 0 Å². The Morgan fingerprint density at radius 2 is 1.33 bits per heavy atom. The van der Waals surface area contributed by atoms with E-state index in [0.717, 1.165) is 0 Å². The van der Waals surface area contributed by atoms with E-state index in [1.165, 1.54) is 6.92 Å². The zero-order valence-electron chi connectivity index (χ0n) is 9.21. The molecule has 0 unspecified atom stereocenters. The van der Waals surface area contributed by atoms with Gasteiger partial charge in [0, 0.05) is 5.88 Å². The number of alkyl halides is 7. The van der Waals surface area contributed by atoms with Gasteiger partial charge in [0.2, 0.25) is 0 Å².